The largest absolute Gasteiger partial charge is 0.330 e. The van der Waals surface area contributed by atoms with E-state index in [0.717, 1.165) is 26.2 Å². The van der Waals surface area contributed by atoms with Gasteiger partial charge in [-0.3, -0.25) is 4.79 Å². The molecule has 4 heteroatoms. The molecule has 1 rings (SSSR count). The highest BCUT2D eigenvalue weighted by molar-refractivity contribution is 6.27. The van der Waals surface area contributed by atoms with Gasteiger partial charge in [-0.1, -0.05) is 0 Å². The molecule has 1 fully saturated rings. The third-order valence-electron chi connectivity index (χ3n) is 2.69. The lowest BCUT2D eigenvalue weighted by atomic mass is 10.2. The monoisotopic (exact) mass is 205 g/mol. The van der Waals surface area contributed by atoms with Gasteiger partial charge in [0.25, 0.3) is 0 Å². The first-order valence-corrected chi connectivity index (χ1v) is 5.37. The molecule has 0 aromatic heterocycles. The number of quaternary nitrogens is 1. The molecule has 1 saturated heterocycles. The molecular formula is C9H18ClN2O+. The van der Waals surface area contributed by atoms with Gasteiger partial charge in [0.2, 0.25) is 5.91 Å². The summed E-state index contributed by atoms with van der Waals surface area (Å²) in [6.45, 7) is 8.27. The Hall–Kier alpha value is -0.280. The van der Waals surface area contributed by atoms with Crippen molar-refractivity contribution >= 4 is 17.5 Å². The summed E-state index contributed by atoms with van der Waals surface area (Å²) in [5, 5.41) is 0. The smallest absolute Gasteiger partial charge is 0.237 e. The fourth-order valence-electron chi connectivity index (χ4n) is 1.71. The summed E-state index contributed by atoms with van der Waals surface area (Å²) in [5.41, 5.74) is 0. The van der Waals surface area contributed by atoms with Crippen LogP contribution in [0.3, 0.4) is 0 Å². The van der Waals surface area contributed by atoms with Crippen LogP contribution in [-0.2, 0) is 4.79 Å². The molecule has 1 aliphatic rings. The standard InChI is InChI=1S/C9H17ClN2O/c1-8(2)11-3-5-12(6-4-11)9(13)7-10/h8H,3-7H2,1-2H3/p+1. The summed E-state index contributed by atoms with van der Waals surface area (Å²) >= 11 is 5.49. The fraction of sp³-hybridized carbons (Fsp3) is 0.889. The molecule has 3 nitrogen and oxygen atoms in total. The molecule has 0 aliphatic carbocycles. The summed E-state index contributed by atoms with van der Waals surface area (Å²) in [6.07, 6.45) is 0. The number of alkyl halides is 1. The van der Waals surface area contributed by atoms with Crippen LogP contribution in [0.5, 0.6) is 0 Å². The lowest BCUT2D eigenvalue weighted by Crippen LogP contribution is -3.17. The van der Waals surface area contributed by atoms with Crippen LogP contribution in [0.15, 0.2) is 0 Å². The number of nitrogens with zero attached hydrogens (tertiary/aromatic N) is 1. The molecule has 1 heterocycles. The zero-order chi connectivity index (χ0) is 9.84. The van der Waals surface area contributed by atoms with Crippen LogP contribution in [0.25, 0.3) is 0 Å². The van der Waals surface area contributed by atoms with Crippen molar-refractivity contribution < 1.29 is 9.69 Å². The first-order chi connectivity index (χ1) is 6.15. The molecule has 1 amide bonds. The maximum atomic E-state index is 11.2. The van der Waals surface area contributed by atoms with Gasteiger partial charge in [-0.05, 0) is 13.8 Å². The van der Waals surface area contributed by atoms with Gasteiger partial charge in [-0.25, -0.2) is 0 Å². The number of halogens is 1. The minimum absolute atomic E-state index is 0.0736. The van der Waals surface area contributed by atoms with E-state index < -0.39 is 0 Å². The normalized spacial score (nSPS) is 19.5. The van der Waals surface area contributed by atoms with E-state index in [9.17, 15) is 4.79 Å². The SMILES string of the molecule is CC(C)[NH+]1CCN(C(=O)CCl)CC1. The molecule has 0 unspecified atom stereocenters. The molecule has 0 bridgehead atoms. The van der Waals surface area contributed by atoms with Crippen molar-refractivity contribution in [1.29, 1.82) is 0 Å². The highest BCUT2D eigenvalue weighted by atomic mass is 35.5. The summed E-state index contributed by atoms with van der Waals surface area (Å²) in [7, 11) is 0. The first-order valence-electron chi connectivity index (χ1n) is 4.83. The molecule has 1 N–H and O–H groups in total. The molecule has 0 atom stereocenters. The highest BCUT2D eigenvalue weighted by Gasteiger charge is 2.24. The molecular weight excluding hydrogens is 188 g/mol. The second-order valence-electron chi connectivity index (χ2n) is 3.83. The van der Waals surface area contributed by atoms with E-state index in [1.54, 1.807) is 4.90 Å². The molecule has 0 aromatic rings. The van der Waals surface area contributed by atoms with E-state index in [0.29, 0.717) is 6.04 Å². The third-order valence-corrected chi connectivity index (χ3v) is 2.92. The van der Waals surface area contributed by atoms with Crippen LogP contribution < -0.4 is 4.90 Å². The lowest BCUT2D eigenvalue weighted by molar-refractivity contribution is -0.925. The lowest BCUT2D eigenvalue weighted by Gasteiger charge is -2.34. The summed E-state index contributed by atoms with van der Waals surface area (Å²) in [6, 6.07) is 0.660. The molecule has 0 aromatic carbocycles. The zero-order valence-electron chi connectivity index (χ0n) is 8.35. The predicted molar refractivity (Wildman–Crippen MR) is 53.1 cm³/mol. The Kier molecular flexibility index (Phi) is 4.00. The molecule has 0 spiro atoms. The number of hydrogen-bond acceptors (Lipinski definition) is 1. The zero-order valence-corrected chi connectivity index (χ0v) is 9.10. The number of carbonyl (C=O) groups is 1. The van der Waals surface area contributed by atoms with Crippen LogP contribution in [0, 0.1) is 0 Å². The Morgan fingerprint density at radius 3 is 2.38 bits per heavy atom. The number of nitrogens with one attached hydrogen (secondary N) is 1. The predicted octanol–water partition coefficient (Wildman–Crippen LogP) is -0.639. The average Bonchev–Trinajstić information content (AvgIpc) is 2.17. The van der Waals surface area contributed by atoms with Gasteiger partial charge in [-0.15, -0.1) is 11.6 Å². The number of amides is 1. The van der Waals surface area contributed by atoms with E-state index in [1.807, 2.05) is 4.90 Å². The number of rotatable bonds is 2. The molecule has 1 aliphatic heterocycles. The van der Waals surface area contributed by atoms with Gasteiger partial charge in [-0.2, -0.15) is 0 Å². The average molecular weight is 206 g/mol. The van der Waals surface area contributed by atoms with E-state index >= 15 is 0 Å². The quantitative estimate of drug-likeness (QED) is 0.597. The van der Waals surface area contributed by atoms with Gasteiger partial charge in [0.15, 0.2) is 0 Å². The van der Waals surface area contributed by atoms with E-state index in [1.165, 1.54) is 0 Å². The maximum Gasteiger partial charge on any atom is 0.237 e. The maximum absolute atomic E-state index is 11.2. The molecule has 76 valence electrons. The van der Waals surface area contributed by atoms with Crippen molar-refractivity contribution in [2.24, 2.45) is 0 Å². The Bertz CT molecular complexity index is 176. The van der Waals surface area contributed by atoms with Gasteiger partial charge in [0.1, 0.15) is 5.88 Å². The van der Waals surface area contributed by atoms with Gasteiger partial charge < -0.3 is 9.80 Å². The second kappa shape index (κ2) is 4.82. The van der Waals surface area contributed by atoms with Crippen LogP contribution in [-0.4, -0.2) is 48.9 Å². The van der Waals surface area contributed by atoms with E-state index in [4.69, 9.17) is 11.6 Å². The topological polar surface area (TPSA) is 24.8 Å². The Morgan fingerprint density at radius 2 is 2.00 bits per heavy atom. The van der Waals surface area contributed by atoms with Crippen molar-refractivity contribution in [3.8, 4) is 0 Å². The van der Waals surface area contributed by atoms with Crippen molar-refractivity contribution in [2.75, 3.05) is 32.1 Å². The molecule has 13 heavy (non-hydrogen) atoms. The Morgan fingerprint density at radius 1 is 1.46 bits per heavy atom. The van der Waals surface area contributed by atoms with Crippen LogP contribution in [0.2, 0.25) is 0 Å². The summed E-state index contributed by atoms with van der Waals surface area (Å²) in [4.78, 5) is 14.7. The van der Waals surface area contributed by atoms with E-state index in [2.05, 4.69) is 13.8 Å². The van der Waals surface area contributed by atoms with Gasteiger partial charge in [0.05, 0.1) is 32.2 Å². The van der Waals surface area contributed by atoms with Crippen molar-refractivity contribution in [1.82, 2.24) is 4.90 Å². The Labute approximate surface area is 84.6 Å². The van der Waals surface area contributed by atoms with Crippen LogP contribution in [0.1, 0.15) is 13.8 Å². The summed E-state index contributed by atoms with van der Waals surface area (Å²) < 4.78 is 0. The third kappa shape index (κ3) is 2.85. The van der Waals surface area contributed by atoms with Crippen LogP contribution >= 0.6 is 11.6 Å². The number of carbonyl (C=O) groups excluding carboxylic acids is 1. The van der Waals surface area contributed by atoms with Crippen LogP contribution in [0.4, 0.5) is 0 Å². The Balaban J connectivity index is 2.34. The second-order valence-corrected chi connectivity index (χ2v) is 4.09. The first kappa shape index (κ1) is 10.8. The fourth-order valence-corrected chi connectivity index (χ4v) is 1.87. The van der Waals surface area contributed by atoms with Gasteiger partial charge >= 0.3 is 0 Å². The highest BCUT2D eigenvalue weighted by Crippen LogP contribution is 1.93. The number of piperazine rings is 1. The van der Waals surface area contributed by atoms with Gasteiger partial charge in [0, 0.05) is 0 Å². The summed E-state index contributed by atoms with van der Waals surface area (Å²) in [5.74, 6) is 0.196. The van der Waals surface area contributed by atoms with Crippen molar-refractivity contribution in [2.45, 2.75) is 19.9 Å². The molecule has 0 radical (unpaired) electrons. The van der Waals surface area contributed by atoms with E-state index in [-0.39, 0.29) is 11.8 Å². The minimum Gasteiger partial charge on any atom is -0.330 e. The molecule has 0 saturated carbocycles. The number of hydrogen-bond donors (Lipinski definition) is 1. The van der Waals surface area contributed by atoms with Crippen molar-refractivity contribution in [3.05, 3.63) is 0 Å². The van der Waals surface area contributed by atoms with Crippen molar-refractivity contribution in [3.63, 3.8) is 0 Å². The minimum atomic E-state index is 0.0736.